The Bertz CT molecular complexity index is 8.00. The van der Waals surface area contributed by atoms with E-state index in [4.69, 9.17) is 0 Å². The van der Waals surface area contributed by atoms with Gasteiger partial charge in [-0.15, -0.1) is 0 Å². The van der Waals surface area contributed by atoms with E-state index in [-0.39, 0.29) is 45.4 Å². The first-order valence-electron chi connectivity index (χ1n) is 0.154. The zero-order valence-corrected chi connectivity index (χ0v) is 8.15. The minimum atomic E-state index is 0. The van der Waals surface area contributed by atoms with Crippen molar-refractivity contribution < 1.29 is 55.6 Å². The number of hydrogen-bond acceptors (Lipinski definition) is 0. The maximum atomic E-state index is 2.01. The Balaban J connectivity index is -0.00000000500. The van der Waals surface area contributed by atoms with Crippen LogP contribution >= 0.6 is 0 Å². The Morgan fingerprint density at radius 2 is 1.25 bits per heavy atom. The summed E-state index contributed by atoms with van der Waals surface area (Å²) in [6.45, 7) is 0. The molecule has 0 fully saturated rings. The first kappa shape index (κ1) is 15.8. The van der Waals surface area contributed by atoms with Gasteiger partial charge in [-0.1, -0.05) is 0 Å². The van der Waals surface area contributed by atoms with Gasteiger partial charge in [0.2, 0.25) is 0 Å². The summed E-state index contributed by atoms with van der Waals surface area (Å²) in [5.41, 5.74) is 0. The monoisotopic (exact) mass is 404 g/mol. The van der Waals surface area contributed by atoms with Gasteiger partial charge in [0.05, 0.1) is 0 Å². The van der Waals surface area contributed by atoms with Crippen molar-refractivity contribution in [3.05, 3.63) is 0 Å². The van der Waals surface area contributed by atoms with E-state index in [0.29, 0.717) is 0 Å². The van der Waals surface area contributed by atoms with Crippen LogP contribution in [0.1, 0.15) is 0 Å². The van der Waals surface area contributed by atoms with E-state index in [1.165, 1.54) is 0 Å². The van der Waals surface area contributed by atoms with E-state index in [2.05, 4.69) is 0 Å². The van der Waals surface area contributed by atoms with E-state index in [1.807, 2.05) is 17.0 Å². The molecule has 0 atom stereocenters. The second-order valence-electron chi connectivity index (χ2n) is 0. The van der Waals surface area contributed by atoms with Crippen molar-refractivity contribution in [1.29, 1.82) is 0 Å². The molecule has 0 aliphatic carbocycles. The maximum absolute atomic E-state index is 2.01. The summed E-state index contributed by atoms with van der Waals surface area (Å²) in [6.07, 6.45) is 0. The van der Waals surface area contributed by atoms with Crippen LogP contribution in [0, 0.1) is 0 Å². The molecule has 0 aliphatic rings. The van der Waals surface area contributed by atoms with E-state index in [1.54, 1.807) is 16.3 Å². The van der Waals surface area contributed by atoms with E-state index in [9.17, 15) is 0 Å². The Morgan fingerprint density at radius 1 is 1.25 bits per heavy atom. The number of hydrogen-bond donors (Lipinski definition) is 0. The fraction of sp³-hybridized carbons (Fsp3) is 0. The maximum Gasteiger partial charge on any atom is 0 e. The van der Waals surface area contributed by atoms with Gasteiger partial charge in [0, 0.05) is 22.4 Å². The van der Waals surface area contributed by atoms with Crippen LogP contribution < -0.4 is 0 Å². The van der Waals surface area contributed by atoms with Gasteiger partial charge in [-0.2, -0.15) is 0 Å². The van der Waals surface area contributed by atoms with Crippen LogP contribution in [0.15, 0.2) is 0 Å². The van der Waals surface area contributed by atoms with Gasteiger partial charge in [-0.3, -0.25) is 0 Å². The molecule has 0 bridgehead atoms. The second kappa shape index (κ2) is 16.9. The Kier molecular flexibility index (Phi) is 66.9. The molecule has 0 heterocycles. The SMILES string of the molecule is [MgH2].[Mo][Re].[Nb]. The summed E-state index contributed by atoms with van der Waals surface area (Å²) >= 11 is 3.74. The molecule has 0 aromatic carbocycles. The smallest absolute Gasteiger partial charge is 0 e. The van der Waals surface area contributed by atoms with E-state index in [0.717, 1.165) is 0 Å². The molecule has 1 radical (unpaired) electrons. The molecule has 0 unspecified atom stereocenters. The standard InChI is InChI=1S/Mg.Mo.Nb.Re.2H. The largest absolute Gasteiger partial charge is 0 e. The third-order valence-electron chi connectivity index (χ3n) is 0. The van der Waals surface area contributed by atoms with Gasteiger partial charge < -0.3 is 0 Å². The van der Waals surface area contributed by atoms with Crippen molar-refractivity contribution in [3.8, 4) is 0 Å². The molecule has 0 saturated heterocycles. The summed E-state index contributed by atoms with van der Waals surface area (Å²) in [5, 5.41) is 0. The normalized spacial score (nSPS) is 1.25. The van der Waals surface area contributed by atoms with Gasteiger partial charge in [0.1, 0.15) is 0 Å². The van der Waals surface area contributed by atoms with Crippen LogP contribution in [-0.2, 0) is 55.6 Å². The molecule has 22 valence electrons. The second-order valence-corrected chi connectivity index (χ2v) is 0. The molecule has 4 heteroatoms. The van der Waals surface area contributed by atoms with Crippen LogP contribution in [-0.4, -0.2) is 23.1 Å². The van der Waals surface area contributed by atoms with Crippen LogP contribution in [0.3, 0.4) is 0 Å². The average Bonchev–Trinajstić information content (AvgIpc) is 1.00. The van der Waals surface area contributed by atoms with Gasteiger partial charge in [-0.25, -0.2) is 0 Å². The first-order chi connectivity index (χ1) is 1.00. The molecule has 0 spiro atoms. The van der Waals surface area contributed by atoms with Crippen molar-refractivity contribution in [2.45, 2.75) is 0 Å². The van der Waals surface area contributed by atoms with Gasteiger partial charge >= 0.3 is 56.3 Å². The van der Waals surface area contributed by atoms with Crippen molar-refractivity contribution in [2.24, 2.45) is 0 Å². The minimum absolute atomic E-state index is 0. The minimum Gasteiger partial charge on any atom is 0 e. The molecular weight excluding hydrogens is 399 g/mol. The van der Waals surface area contributed by atoms with E-state index < -0.39 is 0 Å². The molecule has 0 N–H and O–H groups in total. The summed E-state index contributed by atoms with van der Waals surface area (Å²) < 4.78 is 0. The molecule has 0 amide bonds. The summed E-state index contributed by atoms with van der Waals surface area (Å²) in [7, 11) is 0. The zero-order chi connectivity index (χ0) is 2.00. The van der Waals surface area contributed by atoms with Crippen LogP contribution in [0.25, 0.3) is 0 Å². The Labute approximate surface area is 77.2 Å². The molecule has 0 rings (SSSR count). The third kappa shape index (κ3) is 8.85. The first-order valence-corrected chi connectivity index (χ1v) is 7.47. The predicted octanol–water partition coefficient (Wildman–Crippen LogP) is -0.924. The molecule has 0 saturated carbocycles. The molecule has 0 nitrogen and oxygen atoms in total. The summed E-state index contributed by atoms with van der Waals surface area (Å²) in [6, 6.07) is 0. The van der Waals surface area contributed by atoms with Crippen LogP contribution in [0.4, 0.5) is 0 Å². The predicted molar refractivity (Wildman–Crippen MR) is 8.54 cm³/mol. The van der Waals surface area contributed by atoms with Crippen molar-refractivity contribution in [3.63, 3.8) is 0 Å². The van der Waals surface area contributed by atoms with Gasteiger partial charge in [0.25, 0.3) is 0 Å². The van der Waals surface area contributed by atoms with Crippen LogP contribution in [0.5, 0.6) is 0 Å². The third-order valence-corrected chi connectivity index (χ3v) is 0. The number of rotatable bonds is 0. The molecular formula is H2MgMoNbRe. The summed E-state index contributed by atoms with van der Waals surface area (Å²) in [4.78, 5) is 0. The molecule has 0 aromatic heterocycles. The Morgan fingerprint density at radius 3 is 1.25 bits per heavy atom. The van der Waals surface area contributed by atoms with Crippen molar-refractivity contribution in [1.82, 2.24) is 0 Å². The fourth-order valence-corrected chi connectivity index (χ4v) is 0. The topological polar surface area (TPSA) is 0 Å². The molecule has 0 aliphatic heterocycles. The van der Waals surface area contributed by atoms with Gasteiger partial charge in [0.15, 0.2) is 0 Å². The average molecular weight is 401 g/mol. The van der Waals surface area contributed by atoms with Crippen molar-refractivity contribution >= 4 is 23.1 Å². The molecule has 0 aromatic rings. The Hall–Kier alpha value is 2.86. The van der Waals surface area contributed by atoms with E-state index >= 15 is 0 Å². The zero-order valence-electron chi connectivity index (χ0n) is 1.23. The van der Waals surface area contributed by atoms with Crippen molar-refractivity contribution in [2.75, 3.05) is 0 Å². The molecule has 4 heavy (non-hydrogen) atoms. The van der Waals surface area contributed by atoms with Gasteiger partial charge in [-0.05, 0) is 0 Å². The summed E-state index contributed by atoms with van der Waals surface area (Å²) in [5.74, 6) is 0. The van der Waals surface area contributed by atoms with Crippen LogP contribution in [0.2, 0.25) is 0 Å². The fourth-order valence-electron chi connectivity index (χ4n) is 0. The quantitative estimate of drug-likeness (QED) is 0.461.